The summed E-state index contributed by atoms with van der Waals surface area (Å²) >= 11 is 0. The summed E-state index contributed by atoms with van der Waals surface area (Å²) in [6.45, 7) is 17.3. The van der Waals surface area contributed by atoms with Crippen LogP contribution in [0.15, 0.2) is 23.3 Å². The van der Waals surface area contributed by atoms with Gasteiger partial charge < -0.3 is 79.1 Å². The summed E-state index contributed by atoms with van der Waals surface area (Å²) < 4.78 is 41.4. The van der Waals surface area contributed by atoms with Crippen molar-refractivity contribution in [2.24, 2.45) is 56.2 Å². The van der Waals surface area contributed by atoms with Crippen LogP contribution in [0.4, 0.5) is 0 Å². The topological polar surface area (TPSA) is 315 Å². The molecule has 2 aliphatic heterocycles. The largest absolute Gasteiger partial charge is 0.479 e. The van der Waals surface area contributed by atoms with Gasteiger partial charge in [-0.3, -0.25) is 9.59 Å². The normalized spacial score (nSPS) is 48.3. The van der Waals surface area contributed by atoms with Gasteiger partial charge in [0, 0.05) is 16.4 Å². The molecule has 9 N–H and O–H groups in total. The van der Waals surface area contributed by atoms with Crippen molar-refractivity contribution in [3.63, 3.8) is 0 Å². The maximum Gasteiger partial charge on any atom is 0.335 e. The van der Waals surface area contributed by atoms with Crippen LogP contribution < -0.4 is 0 Å². The van der Waals surface area contributed by atoms with Crippen molar-refractivity contribution in [2.45, 2.75) is 200 Å². The lowest BCUT2D eigenvalue weighted by molar-refractivity contribution is -0.357. The second-order valence-electron chi connectivity index (χ2n) is 23.6. The number of methoxy groups -OCH3 is 1. The number of hydrogen-bond acceptors (Lipinski definition) is 19. The molecule has 0 aromatic heterocycles. The number of carbonyl (C=O) groups excluding carboxylic acids is 3. The number of aliphatic hydroxyl groups excluding tert-OH is 8. The van der Waals surface area contributed by atoms with E-state index in [0.717, 1.165) is 5.57 Å². The minimum absolute atomic E-state index is 0.150. The first kappa shape index (κ1) is 56.6. The van der Waals surface area contributed by atoms with Crippen molar-refractivity contribution in [3.05, 3.63) is 23.3 Å². The van der Waals surface area contributed by atoms with Crippen LogP contribution in [0, 0.1) is 56.2 Å². The molecule has 6 fully saturated rings. The van der Waals surface area contributed by atoms with Crippen LogP contribution in [0.25, 0.3) is 0 Å². The number of aliphatic hydroxyl groups is 8. The smallest absolute Gasteiger partial charge is 0.335 e. The van der Waals surface area contributed by atoms with Crippen molar-refractivity contribution in [2.75, 3.05) is 20.3 Å². The minimum Gasteiger partial charge on any atom is -0.479 e. The SMILES string of the molecule is C/C=C(/C)C(=O)OC1C(OC(=O)C(C)CC)C2(CO)C(CC1(C)C)C1=CCC3C4(C)CCC(OC5OC(C(=O)O)C(O)C(OC6OCC(O)C(O)C6O)C5O)C(C)(C(=O)OC)C4CCC3(C)C1(C)C(O)C2O. The van der Waals surface area contributed by atoms with Gasteiger partial charge in [-0.2, -0.15) is 0 Å². The Bertz CT molecular complexity index is 2130. The highest BCUT2D eigenvalue weighted by Gasteiger charge is 2.77. The van der Waals surface area contributed by atoms with E-state index < -0.39 is 173 Å². The summed E-state index contributed by atoms with van der Waals surface area (Å²) in [6.07, 6.45) is -17.0. The number of fused-ring (bicyclic) bond motifs is 7. The van der Waals surface area contributed by atoms with E-state index in [1.807, 2.05) is 27.7 Å². The van der Waals surface area contributed by atoms with Crippen molar-refractivity contribution in [1.82, 2.24) is 0 Å². The summed E-state index contributed by atoms with van der Waals surface area (Å²) in [5, 5.41) is 101. The molecule has 5 aliphatic carbocycles. The molecule has 0 radical (unpaired) electrons. The third kappa shape index (κ3) is 8.40. The Hall–Kier alpha value is -3.12. The van der Waals surface area contributed by atoms with E-state index in [9.17, 15) is 65.1 Å². The van der Waals surface area contributed by atoms with Crippen molar-refractivity contribution in [3.8, 4) is 0 Å². The lowest BCUT2D eigenvalue weighted by Crippen LogP contribution is -2.76. The Balaban J connectivity index is 1.25. The molecule has 20 heteroatoms. The molecule has 0 bridgehead atoms. The maximum absolute atomic E-state index is 14.5. The van der Waals surface area contributed by atoms with Gasteiger partial charge in [0.2, 0.25) is 0 Å². The molecule has 23 unspecified atom stereocenters. The Morgan fingerprint density at radius 1 is 0.847 bits per heavy atom. The highest BCUT2D eigenvalue weighted by Crippen LogP contribution is 2.76. The highest BCUT2D eigenvalue weighted by molar-refractivity contribution is 5.88. The van der Waals surface area contributed by atoms with Crippen LogP contribution in [0.1, 0.15) is 114 Å². The summed E-state index contributed by atoms with van der Waals surface area (Å²) in [5.41, 5.74) is -5.64. The van der Waals surface area contributed by atoms with Crippen LogP contribution in [0.2, 0.25) is 0 Å². The predicted octanol–water partition coefficient (Wildman–Crippen LogP) is 1.67. The van der Waals surface area contributed by atoms with E-state index in [-0.39, 0.29) is 18.8 Å². The third-order valence-electron chi connectivity index (χ3n) is 19.8. The Morgan fingerprint density at radius 3 is 2.11 bits per heavy atom. The number of aliphatic carboxylic acids is 1. The van der Waals surface area contributed by atoms with E-state index in [2.05, 4.69) is 19.9 Å². The van der Waals surface area contributed by atoms with Gasteiger partial charge in [0.25, 0.3) is 0 Å². The first-order chi connectivity index (χ1) is 33.5. The first-order valence-electron chi connectivity index (χ1n) is 25.6. The molecule has 0 aromatic carbocycles. The average Bonchev–Trinajstić information content (AvgIpc) is 3.33. The molecule has 20 nitrogen and oxygen atoms in total. The van der Waals surface area contributed by atoms with Gasteiger partial charge in [-0.25, -0.2) is 9.59 Å². The number of carbonyl (C=O) groups is 4. The summed E-state index contributed by atoms with van der Waals surface area (Å²) in [4.78, 5) is 54.3. The zero-order valence-electron chi connectivity index (χ0n) is 43.4. The molecule has 2 saturated heterocycles. The Labute approximate surface area is 421 Å². The fraction of sp³-hybridized carbons (Fsp3) is 0.846. The van der Waals surface area contributed by atoms with Gasteiger partial charge in [0.05, 0.1) is 55.4 Å². The molecular formula is C52H80O20. The minimum atomic E-state index is -2.03. The average molecular weight is 1030 g/mol. The number of esters is 3. The molecule has 0 amide bonds. The van der Waals surface area contributed by atoms with E-state index in [0.29, 0.717) is 37.7 Å². The molecule has 23 atom stereocenters. The molecule has 7 rings (SSSR count). The molecule has 0 aromatic rings. The Kier molecular flexibility index (Phi) is 15.8. The monoisotopic (exact) mass is 1020 g/mol. The second kappa shape index (κ2) is 20.1. The highest BCUT2D eigenvalue weighted by atomic mass is 16.7. The molecule has 7 aliphatic rings. The van der Waals surface area contributed by atoms with E-state index >= 15 is 0 Å². The molecule has 72 heavy (non-hydrogen) atoms. The molecular weight excluding hydrogens is 945 g/mol. The molecule has 2 heterocycles. The van der Waals surface area contributed by atoms with Gasteiger partial charge in [0.1, 0.15) is 42.7 Å². The fourth-order valence-corrected chi connectivity index (χ4v) is 14.9. The number of hydrogen-bond donors (Lipinski definition) is 9. The number of ether oxygens (including phenoxy) is 7. The van der Waals surface area contributed by atoms with Gasteiger partial charge in [-0.15, -0.1) is 0 Å². The lowest BCUT2D eigenvalue weighted by Gasteiger charge is -2.73. The van der Waals surface area contributed by atoms with Gasteiger partial charge >= 0.3 is 23.9 Å². The second-order valence-corrected chi connectivity index (χ2v) is 23.6. The van der Waals surface area contributed by atoms with Crippen LogP contribution in [0.3, 0.4) is 0 Å². The lowest BCUT2D eigenvalue weighted by atomic mass is 9.32. The molecule has 408 valence electrons. The van der Waals surface area contributed by atoms with E-state index in [4.69, 9.17) is 33.2 Å². The molecule has 4 saturated carbocycles. The van der Waals surface area contributed by atoms with Gasteiger partial charge in [-0.1, -0.05) is 66.2 Å². The number of rotatable bonds is 12. The molecule has 0 spiro atoms. The third-order valence-corrected chi connectivity index (χ3v) is 19.8. The van der Waals surface area contributed by atoms with Gasteiger partial charge in [0.15, 0.2) is 24.8 Å². The quantitative estimate of drug-likeness (QED) is 0.0441. The van der Waals surface area contributed by atoms with Crippen LogP contribution in [-0.2, 0) is 52.3 Å². The van der Waals surface area contributed by atoms with Crippen molar-refractivity contribution in [1.29, 1.82) is 0 Å². The maximum atomic E-state index is 14.5. The zero-order chi connectivity index (χ0) is 53.6. The van der Waals surface area contributed by atoms with Gasteiger partial charge in [-0.05, 0) is 94.3 Å². The van der Waals surface area contributed by atoms with Crippen LogP contribution in [-0.4, -0.2) is 176 Å². The van der Waals surface area contributed by atoms with Crippen molar-refractivity contribution < 1.29 is 98.3 Å². The summed E-state index contributed by atoms with van der Waals surface area (Å²) in [5.74, 6) is -5.53. The fourth-order valence-electron chi connectivity index (χ4n) is 14.9. The van der Waals surface area contributed by atoms with E-state index in [1.165, 1.54) is 7.11 Å². The first-order valence-corrected chi connectivity index (χ1v) is 25.6. The zero-order valence-corrected chi connectivity index (χ0v) is 43.4. The number of carboxylic acid groups (broad SMARTS) is 1. The number of carboxylic acids is 1. The van der Waals surface area contributed by atoms with Crippen LogP contribution >= 0.6 is 0 Å². The Morgan fingerprint density at radius 2 is 1.51 bits per heavy atom. The van der Waals surface area contributed by atoms with E-state index in [1.54, 1.807) is 33.8 Å². The standard InChI is InChI=1S/C52H80O20/c1-12-23(3)42(63)71-39-40(72-43(64)24(4)13-2)52(22-53)26(20-47(39,5)6)25-14-15-28-48(7)18-17-30(50(9,46(65)66-11)29(48)16-19-49(28,8)51(25,10)37(59)38(52)60)68-45-34(58)35(33(57)36(70-45)41(61)62)69-44-32(56)31(55)27(54)21-67-44/h12,14,24,26-40,44-45,53-60H,13,15-22H2,1-11H3,(H,61,62)/b23-12-. The predicted molar refractivity (Wildman–Crippen MR) is 250 cm³/mol. The summed E-state index contributed by atoms with van der Waals surface area (Å²) in [6, 6.07) is 0. The number of allylic oxidation sites excluding steroid dienone is 2. The summed E-state index contributed by atoms with van der Waals surface area (Å²) in [7, 11) is 1.24. The van der Waals surface area contributed by atoms with Crippen molar-refractivity contribution >= 4 is 23.9 Å². The van der Waals surface area contributed by atoms with Crippen LogP contribution in [0.5, 0.6) is 0 Å².